The van der Waals surface area contributed by atoms with E-state index >= 15 is 0 Å². The number of aliphatic imine (C=N–C) groups is 1. The van der Waals surface area contributed by atoms with Gasteiger partial charge in [-0.2, -0.15) is 0 Å². The van der Waals surface area contributed by atoms with Crippen LogP contribution in [0.2, 0.25) is 0 Å². The van der Waals surface area contributed by atoms with E-state index in [1.54, 1.807) is 19.0 Å². The Morgan fingerprint density at radius 2 is 2.07 bits per heavy atom. The number of aliphatic hydroxyl groups is 1. The molecule has 2 fully saturated rings. The first-order valence-electron chi connectivity index (χ1n) is 8.45. The molecule has 1 aromatic rings. The highest BCUT2D eigenvalue weighted by Crippen LogP contribution is 2.35. The first-order chi connectivity index (χ1) is 13.0. The Morgan fingerprint density at radius 3 is 2.74 bits per heavy atom. The van der Waals surface area contributed by atoms with Crippen LogP contribution in [0.5, 0.6) is 0 Å². The van der Waals surface area contributed by atoms with Crippen molar-refractivity contribution in [2.24, 2.45) is 10.1 Å². The molecule has 0 spiro atoms. The van der Waals surface area contributed by atoms with E-state index in [-0.39, 0.29) is 6.61 Å². The normalized spacial score (nSPS) is 33.1. The van der Waals surface area contributed by atoms with Crippen LogP contribution in [-0.2, 0) is 19.0 Å². The SMILES string of the molecule is CN(C)/C=N/C(=O)C1OC2COC(c3ccccc3)OC2C(N=[N+]=[N-])C1O. The quantitative estimate of drug-likeness (QED) is 0.275. The fourth-order valence-corrected chi connectivity index (χ4v) is 3.03. The van der Waals surface area contributed by atoms with Gasteiger partial charge in [-0.15, -0.1) is 0 Å². The van der Waals surface area contributed by atoms with Crippen molar-refractivity contribution in [1.29, 1.82) is 0 Å². The van der Waals surface area contributed by atoms with Gasteiger partial charge in [0.25, 0.3) is 5.91 Å². The molecule has 10 heteroatoms. The van der Waals surface area contributed by atoms with Gasteiger partial charge in [0.15, 0.2) is 12.4 Å². The van der Waals surface area contributed by atoms with Crippen LogP contribution >= 0.6 is 0 Å². The highest BCUT2D eigenvalue weighted by Gasteiger charge is 2.51. The molecule has 10 nitrogen and oxygen atoms in total. The summed E-state index contributed by atoms with van der Waals surface area (Å²) in [4.78, 5) is 20.4. The summed E-state index contributed by atoms with van der Waals surface area (Å²) >= 11 is 0. The Bertz CT molecular complexity index is 736. The standard InChI is InChI=1S/C17H21N5O5/c1-22(2)9-19-16(24)15-13(23)12(20-21-18)14-11(26-15)8-25-17(27-14)10-6-4-3-5-7-10/h3-7,9,11-15,17,23H,8H2,1-2H3/b19-9+. The van der Waals surface area contributed by atoms with Crippen LogP contribution in [-0.4, -0.2) is 73.4 Å². The van der Waals surface area contributed by atoms with Crippen molar-refractivity contribution in [3.05, 3.63) is 46.3 Å². The number of benzene rings is 1. The Labute approximate surface area is 156 Å². The molecule has 2 heterocycles. The lowest BCUT2D eigenvalue weighted by atomic mass is 9.92. The van der Waals surface area contributed by atoms with Crippen LogP contribution in [0.15, 0.2) is 40.4 Å². The summed E-state index contributed by atoms with van der Waals surface area (Å²) in [5, 5.41) is 14.2. The number of azide groups is 1. The van der Waals surface area contributed by atoms with Crippen molar-refractivity contribution in [2.75, 3.05) is 20.7 Å². The van der Waals surface area contributed by atoms with Gasteiger partial charge in [0.05, 0.1) is 19.0 Å². The van der Waals surface area contributed by atoms with Crippen molar-refractivity contribution in [2.45, 2.75) is 36.7 Å². The molecular formula is C17H21N5O5. The lowest BCUT2D eigenvalue weighted by molar-refractivity contribution is -0.302. The molecule has 6 atom stereocenters. The fourth-order valence-electron chi connectivity index (χ4n) is 3.03. The number of hydrogen-bond acceptors (Lipinski definition) is 6. The van der Waals surface area contributed by atoms with E-state index in [1.807, 2.05) is 30.3 Å². The van der Waals surface area contributed by atoms with Gasteiger partial charge in [0.2, 0.25) is 0 Å². The summed E-state index contributed by atoms with van der Waals surface area (Å²) in [5.41, 5.74) is 9.70. The van der Waals surface area contributed by atoms with Crippen LogP contribution < -0.4 is 0 Å². The first kappa shape index (κ1) is 19.3. The van der Waals surface area contributed by atoms with E-state index in [2.05, 4.69) is 15.0 Å². The van der Waals surface area contributed by atoms with E-state index in [0.717, 1.165) is 5.56 Å². The Balaban J connectivity index is 1.80. The molecule has 3 rings (SSSR count). The van der Waals surface area contributed by atoms with Crippen LogP contribution in [0, 0.1) is 0 Å². The zero-order chi connectivity index (χ0) is 19.4. The fraction of sp³-hybridized carbons (Fsp3) is 0.529. The maximum Gasteiger partial charge on any atom is 0.278 e. The molecule has 1 aromatic carbocycles. The monoisotopic (exact) mass is 375 g/mol. The third kappa shape index (κ3) is 4.26. The lowest BCUT2D eigenvalue weighted by Crippen LogP contribution is -2.62. The predicted molar refractivity (Wildman–Crippen MR) is 94.8 cm³/mol. The second-order valence-corrected chi connectivity index (χ2v) is 6.50. The maximum atomic E-state index is 12.3. The summed E-state index contributed by atoms with van der Waals surface area (Å²) in [6.45, 7) is 0.121. The van der Waals surface area contributed by atoms with E-state index in [4.69, 9.17) is 19.7 Å². The Morgan fingerprint density at radius 1 is 1.33 bits per heavy atom. The van der Waals surface area contributed by atoms with Crippen LogP contribution in [0.25, 0.3) is 10.4 Å². The molecule has 27 heavy (non-hydrogen) atoms. The molecule has 0 bridgehead atoms. The molecule has 1 amide bonds. The third-order valence-corrected chi connectivity index (χ3v) is 4.29. The number of fused-ring (bicyclic) bond motifs is 1. The number of nitrogens with zero attached hydrogens (tertiary/aromatic N) is 5. The van der Waals surface area contributed by atoms with Gasteiger partial charge in [0, 0.05) is 24.6 Å². The van der Waals surface area contributed by atoms with Gasteiger partial charge < -0.3 is 24.2 Å². The first-order valence-corrected chi connectivity index (χ1v) is 8.45. The minimum Gasteiger partial charge on any atom is -0.389 e. The number of aliphatic hydroxyl groups excluding tert-OH is 1. The second kappa shape index (κ2) is 8.47. The summed E-state index contributed by atoms with van der Waals surface area (Å²) < 4.78 is 17.3. The average molecular weight is 375 g/mol. The van der Waals surface area contributed by atoms with Gasteiger partial charge in [-0.3, -0.25) is 4.79 Å². The number of ether oxygens (including phenoxy) is 3. The van der Waals surface area contributed by atoms with Crippen molar-refractivity contribution in [3.63, 3.8) is 0 Å². The summed E-state index contributed by atoms with van der Waals surface area (Å²) in [5.74, 6) is -0.669. The minimum atomic E-state index is -1.39. The zero-order valence-electron chi connectivity index (χ0n) is 15.0. The van der Waals surface area contributed by atoms with Gasteiger partial charge in [-0.05, 0) is 5.53 Å². The highest BCUT2D eigenvalue weighted by molar-refractivity contribution is 5.88. The molecule has 0 saturated carbocycles. The number of carbonyl (C=O) groups is 1. The summed E-state index contributed by atoms with van der Waals surface area (Å²) in [6, 6.07) is 8.25. The van der Waals surface area contributed by atoms with Gasteiger partial charge in [-0.25, -0.2) is 4.99 Å². The molecule has 0 aliphatic carbocycles. The molecular weight excluding hydrogens is 354 g/mol. The summed E-state index contributed by atoms with van der Waals surface area (Å²) in [6.07, 6.45) is -3.45. The number of carbonyl (C=O) groups excluding carboxylic acids is 1. The average Bonchev–Trinajstić information content (AvgIpc) is 2.68. The van der Waals surface area contributed by atoms with Crippen molar-refractivity contribution in [3.8, 4) is 0 Å². The Kier molecular flexibility index (Phi) is 6.04. The third-order valence-electron chi connectivity index (χ3n) is 4.29. The molecule has 0 aromatic heterocycles. The van der Waals surface area contributed by atoms with Gasteiger partial charge >= 0.3 is 0 Å². The summed E-state index contributed by atoms with van der Waals surface area (Å²) in [7, 11) is 3.42. The number of hydrogen-bond donors (Lipinski definition) is 1. The highest BCUT2D eigenvalue weighted by atomic mass is 16.7. The molecule has 6 unspecified atom stereocenters. The van der Waals surface area contributed by atoms with Crippen LogP contribution in [0.1, 0.15) is 11.9 Å². The van der Waals surface area contributed by atoms with Gasteiger partial charge in [0.1, 0.15) is 18.3 Å². The largest absolute Gasteiger partial charge is 0.389 e. The zero-order valence-corrected chi connectivity index (χ0v) is 15.0. The van der Waals surface area contributed by atoms with Crippen molar-refractivity contribution < 1.29 is 24.1 Å². The molecule has 0 radical (unpaired) electrons. The van der Waals surface area contributed by atoms with Crippen LogP contribution in [0.3, 0.4) is 0 Å². The van der Waals surface area contributed by atoms with E-state index < -0.39 is 42.7 Å². The molecule has 144 valence electrons. The van der Waals surface area contributed by atoms with Gasteiger partial charge in [-0.1, -0.05) is 35.4 Å². The second-order valence-electron chi connectivity index (χ2n) is 6.50. The van der Waals surface area contributed by atoms with Crippen LogP contribution in [0.4, 0.5) is 0 Å². The molecule has 2 aliphatic heterocycles. The molecule has 2 aliphatic rings. The van der Waals surface area contributed by atoms with E-state index in [9.17, 15) is 9.90 Å². The minimum absolute atomic E-state index is 0.121. The van der Waals surface area contributed by atoms with E-state index in [0.29, 0.717) is 0 Å². The molecule has 2 saturated heterocycles. The number of rotatable bonds is 4. The topological polar surface area (TPSA) is 129 Å². The Hall–Kier alpha value is -2.49. The predicted octanol–water partition coefficient (Wildman–Crippen LogP) is 1.02. The molecule has 1 N–H and O–H groups in total. The van der Waals surface area contributed by atoms with E-state index in [1.165, 1.54) is 6.34 Å². The smallest absolute Gasteiger partial charge is 0.278 e. The van der Waals surface area contributed by atoms with Crippen molar-refractivity contribution in [1.82, 2.24) is 4.90 Å². The maximum absolute atomic E-state index is 12.3. The van der Waals surface area contributed by atoms with Crippen molar-refractivity contribution >= 4 is 12.2 Å². The number of amides is 1. The lowest BCUT2D eigenvalue weighted by Gasteiger charge is -2.46.